The first kappa shape index (κ1) is 10.6. The summed E-state index contributed by atoms with van der Waals surface area (Å²) in [5, 5.41) is 0. The number of halogens is 3. The van der Waals surface area contributed by atoms with Crippen LogP contribution in [0.1, 0.15) is 19.8 Å². The first-order valence-corrected chi connectivity index (χ1v) is 4.42. The van der Waals surface area contributed by atoms with E-state index in [0.717, 1.165) is 13.0 Å². The Morgan fingerprint density at radius 1 is 1.46 bits per heavy atom. The van der Waals surface area contributed by atoms with Crippen LogP contribution in [0.5, 0.6) is 0 Å². The number of rotatable bonds is 2. The van der Waals surface area contributed by atoms with Crippen LogP contribution in [-0.2, 0) is 0 Å². The standard InChI is InChI=1S/C9H14F3N/c1-8-3-2-5-13(7-8)6-4-9(10,11)12/h3H,2,4-7H2,1H3. The van der Waals surface area contributed by atoms with Crippen LogP contribution in [0.15, 0.2) is 11.6 Å². The second kappa shape index (κ2) is 4.13. The van der Waals surface area contributed by atoms with Gasteiger partial charge in [0.1, 0.15) is 0 Å². The molecule has 13 heavy (non-hydrogen) atoms. The van der Waals surface area contributed by atoms with Crippen molar-refractivity contribution in [1.29, 1.82) is 0 Å². The van der Waals surface area contributed by atoms with Gasteiger partial charge in [0.2, 0.25) is 0 Å². The van der Waals surface area contributed by atoms with E-state index in [1.807, 2.05) is 11.8 Å². The maximum atomic E-state index is 11.9. The van der Waals surface area contributed by atoms with Gasteiger partial charge >= 0.3 is 6.18 Å². The lowest BCUT2D eigenvalue weighted by molar-refractivity contribution is -0.137. The van der Waals surface area contributed by atoms with E-state index < -0.39 is 12.6 Å². The van der Waals surface area contributed by atoms with Gasteiger partial charge < -0.3 is 0 Å². The summed E-state index contributed by atoms with van der Waals surface area (Å²) in [4.78, 5) is 1.85. The zero-order valence-electron chi connectivity index (χ0n) is 7.69. The highest BCUT2D eigenvalue weighted by molar-refractivity contribution is 5.04. The summed E-state index contributed by atoms with van der Waals surface area (Å²) in [6.45, 7) is 3.54. The Balaban J connectivity index is 2.27. The molecule has 1 heterocycles. The average Bonchev–Trinajstić information content (AvgIpc) is 2.00. The van der Waals surface area contributed by atoms with Crippen molar-refractivity contribution in [3.63, 3.8) is 0 Å². The number of hydrogen-bond donors (Lipinski definition) is 0. The van der Waals surface area contributed by atoms with Crippen LogP contribution >= 0.6 is 0 Å². The molecule has 0 saturated carbocycles. The van der Waals surface area contributed by atoms with Crippen LogP contribution in [-0.4, -0.2) is 30.7 Å². The maximum absolute atomic E-state index is 11.9. The molecule has 4 heteroatoms. The molecule has 0 unspecified atom stereocenters. The molecular formula is C9H14F3N. The van der Waals surface area contributed by atoms with Crippen molar-refractivity contribution in [3.8, 4) is 0 Å². The van der Waals surface area contributed by atoms with Crippen molar-refractivity contribution in [3.05, 3.63) is 11.6 Å². The normalized spacial score (nSPS) is 20.2. The minimum absolute atomic E-state index is 0.134. The van der Waals surface area contributed by atoms with Gasteiger partial charge in [0.25, 0.3) is 0 Å². The van der Waals surface area contributed by atoms with Crippen molar-refractivity contribution in [2.45, 2.75) is 25.9 Å². The summed E-state index contributed by atoms with van der Waals surface area (Å²) in [6, 6.07) is 0. The van der Waals surface area contributed by atoms with E-state index in [1.54, 1.807) is 0 Å². The predicted molar refractivity (Wildman–Crippen MR) is 45.5 cm³/mol. The van der Waals surface area contributed by atoms with Crippen LogP contribution in [0.25, 0.3) is 0 Å². The molecule has 0 aliphatic carbocycles. The topological polar surface area (TPSA) is 3.24 Å². The molecular weight excluding hydrogens is 179 g/mol. The smallest absolute Gasteiger partial charge is 0.299 e. The molecule has 0 saturated heterocycles. The van der Waals surface area contributed by atoms with Gasteiger partial charge in [-0.15, -0.1) is 0 Å². The zero-order chi connectivity index (χ0) is 9.90. The van der Waals surface area contributed by atoms with Gasteiger partial charge in [-0.2, -0.15) is 13.2 Å². The average molecular weight is 193 g/mol. The minimum Gasteiger partial charge on any atom is -0.299 e. The number of nitrogens with zero attached hydrogens (tertiary/aromatic N) is 1. The maximum Gasteiger partial charge on any atom is 0.390 e. The Kier molecular flexibility index (Phi) is 3.36. The van der Waals surface area contributed by atoms with Crippen molar-refractivity contribution in [2.75, 3.05) is 19.6 Å². The summed E-state index contributed by atoms with van der Waals surface area (Å²) >= 11 is 0. The van der Waals surface area contributed by atoms with Crippen LogP contribution in [0.2, 0.25) is 0 Å². The molecule has 1 aliphatic rings. The Labute approximate surface area is 76.2 Å². The zero-order valence-corrected chi connectivity index (χ0v) is 7.69. The van der Waals surface area contributed by atoms with Gasteiger partial charge in [-0.3, -0.25) is 4.90 Å². The van der Waals surface area contributed by atoms with Crippen molar-refractivity contribution in [2.24, 2.45) is 0 Å². The summed E-state index contributed by atoms with van der Waals surface area (Å²) in [5.74, 6) is 0. The van der Waals surface area contributed by atoms with Crippen LogP contribution in [0.3, 0.4) is 0 Å². The second-order valence-corrected chi connectivity index (χ2v) is 3.48. The summed E-state index contributed by atoms with van der Waals surface area (Å²) in [7, 11) is 0. The van der Waals surface area contributed by atoms with Gasteiger partial charge in [-0.05, 0) is 13.3 Å². The van der Waals surface area contributed by atoms with Crippen LogP contribution in [0.4, 0.5) is 13.2 Å². The Hall–Kier alpha value is -0.510. The fourth-order valence-electron chi connectivity index (χ4n) is 1.47. The van der Waals surface area contributed by atoms with Crippen LogP contribution < -0.4 is 0 Å². The molecule has 0 bridgehead atoms. The SMILES string of the molecule is CC1=CCCN(CCC(F)(F)F)C1. The fraction of sp³-hybridized carbons (Fsp3) is 0.778. The fourth-order valence-corrected chi connectivity index (χ4v) is 1.47. The molecule has 0 N–H and O–H groups in total. The first-order chi connectivity index (χ1) is 5.97. The monoisotopic (exact) mass is 193 g/mol. The van der Waals surface area contributed by atoms with Gasteiger partial charge in [-0.25, -0.2) is 0 Å². The Morgan fingerprint density at radius 3 is 2.69 bits per heavy atom. The van der Waals surface area contributed by atoms with Crippen molar-refractivity contribution in [1.82, 2.24) is 4.90 Å². The highest BCUT2D eigenvalue weighted by Crippen LogP contribution is 2.20. The van der Waals surface area contributed by atoms with Gasteiger partial charge in [0, 0.05) is 19.6 Å². The lowest BCUT2D eigenvalue weighted by Crippen LogP contribution is -2.32. The third-order valence-electron chi connectivity index (χ3n) is 2.12. The molecule has 0 spiro atoms. The van der Waals surface area contributed by atoms with E-state index >= 15 is 0 Å². The molecule has 0 amide bonds. The van der Waals surface area contributed by atoms with Gasteiger partial charge in [0.05, 0.1) is 6.42 Å². The number of hydrogen-bond acceptors (Lipinski definition) is 1. The molecule has 76 valence electrons. The third-order valence-corrected chi connectivity index (χ3v) is 2.12. The van der Waals surface area contributed by atoms with E-state index in [1.165, 1.54) is 5.57 Å². The van der Waals surface area contributed by atoms with E-state index in [0.29, 0.717) is 6.54 Å². The van der Waals surface area contributed by atoms with E-state index in [2.05, 4.69) is 6.08 Å². The molecule has 0 aromatic heterocycles. The lowest BCUT2D eigenvalue weighted by Gasteiger charge is -2.26. The molecule has 0 radical (unpaired) electrons. The predicted octanol–water partition coefficient (Wildman–Crippen LogP) is 2.59. The molecule has 0 aromatic rings. The minimum atomic E-state index is -4.02. The molecule has 0 aromatic carbocycles. The second-order valence-electron chi connectivity index (χ2n) is 3.48. The van der Waals surface area contributed by atoms with Crippen molar-refractivity contribution >= 4 is 0 Å². The van der Waals surface area contributed by atoms with E-state index in [9.17, 15) is 13.2 Å². The lowest BCUT2D eigenvalue weighted by atomic mass is 10.1. The summed E-state index contributed by atoms with van der Waals surface area (Å²) < 4.78 is 35.6. The van der Waals surface area contributed by atoms with E-state index in [4.69, 9.17) is 0 Å². The Bertz CT molecular complexity index is 196. The molecule has 0 fully saturated rings. The largest absolute Gasteiger partial charge is 0.390 e. The molecule has 1 nitrogen and oxygen atoms in total. The Morgan fingerprint density at radius 2 is 2.15 bits per heavy atom. The first-order valence-electron chi connectivity index (χ1n) is 4.42. The van der Waals surface area contributed by atoms with E-state index in [-0.39, 0.29) is 6.54 Å². The van der Waals surface area contributed by atoms with Crippen molar-refractivity contribution < 1.29 is 13.2 Å². The highest BCUT2D eigenvalue weighted by Gasteiger charge is 2.27. The summed E-state index contributed by atoms with van der Waals surface area (Å²) in [6.07, 6.45) is -1.75. The third kappa shape index (κ3) is 4.31. The molecule has 0 atom stereocenters. The van der Waals surface area contributed by atoms with Crippen LogP contribution in [0, 0.1) is 0 Å². The van der Waals surface area contributed by atoms with Gasteiger partial charge in [0.15, 0.2) is 0 Å². The highest BCUT2D eigenvalue weighted by atomic mass is 19.4. The molecule has 1 aliphatic heterocycles. The summed E-state index contributed by atoms with van der Waals surface area (Å²) in [5.41, 5.74) is 1.17. The molecule has 1 rings (SSSR count). The quantitative estimate of drug-likeness (QED) is 0.609. The van der Waals surface area contributed by atoms with Gasteiger partial charge in [-0.1, -0.05) is 11.6 Å². The number of alkyl halides is 3.